The van der Waals surface area contributed by atoms with Gasteiger partial charge in [-0.2, -0.15) is 0 Å². The molecule has 1 atom stereocenters. The number of hydrogen-bond donors (Lipinski definition) is 0. The number of fused-ring (bicyclic) bond motifs is 2. The van der Waals surface area contributed by atoms with Gasteiger partial charge < -0.3 is 14.4 Å². The molecule has 0 unspecified atom stereocenters. The molecule has 3 aromatic carbocycles. The number of amides is 1. The molecule has 1 amide bonds. The van der Waals surface area contributed by atoms with Crippen LogP contribution in [0.15, 0.2) is 80.1 Å². The average molecular weight is 621 g/mol. The van der Waals surface area contributed by atoms with Crippen LogP contribution in [-0.4, -0.2) is 42.7 Å². The molecule has 0 radical (unpaired) electrons. The largest absolute Gasteiger partial charge is 0.496 e. The van der Waals surface area contributed by atoms with Crippen LogP contribution in [0, 0.1) is 0 Å². The van der Waals surface area contributed by atoms with Gasteiger partial charge in [0, 0.05) is 18.7 Å². The van der Waals surface area contributed by atoms with E-state index >= 15 is 0 Å². The van der Waals surface area contributed by atoms with Gasteiger partial charge in [0.15, 0.2) is 4.80 Å². The lowest BCUT2D eigenvalue weighted by Crippen LogP contribution is -2.43. The van der Waals surface area contributed by atoms with Crippen molar-refractivity contribution >= 4 is 50.0 Å². The molecule has 0 bridgehead atoms. The first-order valence-corrected chi connectivity index (χ1v) is 14.6. The van der Waals surface area contributed by atoms with Crippen LogP contribution in [-0.2, 0) is 4.79 Å². The van der Waals surface area contributed by atoms with Crippen molar-refractivity contribution in [1.29, 1.82) is 0 Å². The van der Waals surface area contributed by atoms with E-state index in [1.54, 1.807) is 23.7 Å². The lowest BCUT2D eigenvalue weighted by atomic mass is 9.90. The molecule has 5 rings (SSSR count). The van der Waals surface area contributed by atoms with Crippen LogP contribution in [0.4, 0.5) is 0 Å². The number of ether oxygens (including phenoxy) is 2. The van der Waals surface area contributed by atoms with Gasteiger partial charge in [0.25, 0.3) is 11.5 Å². The van der Waals surface area contributed by atoms with Gasteiger partial charge in [0.05, 0.1) is 34.5 Å². The van der Waals surface area contributed by atoms with Crippen molar-refractivity contribution in [1.82, 2.24) is 9.47 Å². The second kappa shape index (κ2) is 11.4. The number of thiazole rings is 1. The van der Waals surface area contributed by atoms with Gasteiger partial charge in [0.1, 0.15) is 17.5 Å². The Hall–Kier alpha value is -3.69. The summed E-state index contributed by atoms with van der Waals surface area (Å²) in [6, 6.07) is 16.8. The molecule has 0 aliphatic carbocycles. The van der Waals surface area contributed by atoms with Crippen LogP contribution in [0.2, 0.25) is 0 Å². The number of carbonyl (C=O) groups excluding carboxylic acids is 1. The maximum absolute atomic E-state index is 14.2. The highest BCUT2D eigenvalue weighted by molar-refractivity contribution is 9.10. The number of halogens is 1. The Labute approximate surface area is 244 Å². The van der Waals surface area contributed by atoms with Crippen molar-refractivity contribution in [3.8, 4) is 11.5 Å². The highest BCUT2D eigenvalue weighted by Gasteiger charge is 2.36. The molecule has 0 saturated carbocycles. The molecule has 9 heteroatoms. The van der Waals surface area contributed by atoms with Crippen LogP contribution in [0.25, 0.3) is 16.8 Å². The predicted molar refractivity (Wildman–Crippen MR) is 163 cm³/mol. The first-order chi connectivity index (χ1) is 19.3. The minimum atomic E-state index is -0.713. The number of carbonyl (C=O) groups is 1. The molecule has 1 aromatic heterocycles. The summed E-state index contributed by atoms with van der Waals surface area (Å²) in [6.45, 7) is 6.84. The molecule has 0 N–H and O–H groups in total. The maximum atomic E-state index is 14.2. The predicted octanol–water partition coefficient (Wildman–Crippen LogP) is 5.04. The minimum Gasteiger partial charge on any atom is -0.496 e. The van der Waals surface area contributed by atoms with E-state index in [0.717, 1.165) is 26.4 Å². The molecule has 1 aliphatic rings. The number of allylic oxidation sites excluding steroid dienone is 1. The Morgan fingerprint density at radius 3 is 2.45 bits per heavy atom. The Bertz CT molecular complexity index is 1840. The lowest BCUT2D eigenvalue weighted by Gasteiger charge is -2.30. The van der Waals surface area contributed by atoms with Crippen LogP contribution >= 0.6 is 27.3 Å². The first kappa shape index (κ1) is 27.9. The van der Waals surface area contributed by atoms with Crippen LogP contribution in [0.1, 0.15) is 37.9 Å². The zero-order valence-corrected chi connectivity index (χ0v) is 25.4. The van der Waals surface area contributed by atoms with Gasteiger partial charge in [-0.1, -0.05) is 47.7 Å². The van der Waals surface area contributed by atoms with Crippen molar-refractivity contribution < 1.29 is 14.3 Å². The number of hydrogen-bond acceptors (Lipinski definition) is 6. The molecular formula is C31H30BrN3O4S. The fourth-order valence-electron chi connectivity index (χ4n) is 5.21. The molecule has 4 aromatic rings. The number of rotatable bonds is 7. The van der Waals surface area contributed by atoms with Crippen molar-refractivity contribution in [3.05, 3.63) is 101 Å². The highest BCUT2D eigenvalue weighted by atomic mass is 79.9. The molecule has 1 aliphatic heterocycles. The van der Waals surface area contributed by atoms with E-state index in [9.17, 15) is 9.59 Å². The number of likely N-dealkylation sites (N-methyl/N-ethyl adjacent to an activating group) is 1. The molecule has 2 heterocycles. The fraction of sp³-hybridized carbons (Fsp3) is 0.258. The molecular weight excluding hydrogens is 590 g/mol. The van der Waals surface area contributed by atoms with E-state index in [-0.39, 0.29) is 11.5 Å². The average Bonchev–Trinajstić information content (AvgIpc) is 3.26. The van der Waals surface area contributed by atoms with Gasteiger partial charge in [-0.3, -0.25) is 14.2 Å². The van der Waals surface area contributed by atoms with E-state index in [4.69, 9.17) is 14.5 Å². The van der Waals surface area contributed by atoms with Gasteiger partial charge in [0.2, 0.25) is 0 Å². The topological polar surface area (TPSA) is 73.1 Å². The normalized spacial score (nSPS) is 15.2. The first-order valence-electron chi connectivity index (χ1n) is 13.0. The second-order valence-corrected chi connectivity index (χ2v) is 11.2. The summed E-state index contributed by atoms with van der Waals surface area (Å²) in [4.78, 5) is 35.3. The summed E-state index contributed by atoms with van der Waals surface area (Å²) in [5, 5.41) is 1.91. The van der Waals surface area contributed by atoms with Crippen LogP contribution in [0.5, 0.6) is 11.5 Å². The summed E-state index contributed by atoms with van der Waals surface area (Å²) in [7, 11) is 3.22. The number of nitrogens with zero attached hydrogens (tertiary/aromatic N) is 3. The van der Waals surface area contributed by atoms with E-state index in [1.165, 1.54) is 11.3 Å². The minimum absolute atomic E-state index is 0.139. The quantitative estimate of drug-likeness (QED) is 0.291. The molecule has 0 fully saturated rings. The molecule has 0 saturated heterocycles. The zero-order chi connectivity index (χ0) is 28.6. The van der Waals surface area contributed by atoms with Crippen molar-refractivity contribution in [2.75, 3.05) is 27.3 Å². The van der Waals surface area contributed by atoms with Gasteiger partial charge >= 0.3 is 0 Å². The Balaban J connectivity index is 1.83. The Kier molecular flexibility index (Phi) is 7.96. The number of methoxy groups -OCH3 is 2. The Morgan fingerprint density at radius 1 is 1.07 bits per heavy atom. The maximum Gasteiger partial charge on any atom is 0.271 e. The van der Waals surface area contributed by atoms with Gasteiger partial charge in [-0.05, 0) is 77.3 Å². The smallest absolute Gasteiger partial charge is 0.271 e. The molecule has 7 nitrogen and oxygen atoms in total. The molecule has 206 valence electrons. The highest BCUT2D eigenvalue weighted by Crippen LogP contribution is 2.40. The molecule has 0 spiro atoms. The number of benzene rings is 3. The third kappa shape index (κ3) is 4.77. The lowest BCUT2D eigenvalue weighted by molar-refractivity contribution is -0.127. The third-order valence-corrected chi connectivity index (χ3v) is 8.80. The van der Waals surface area contributed by atoms with E-state index in [2.05, 4.69) is 15.9 Å². The third-order valence-electron chi connectivity index (χ3n) is 7.20. The zero-order valence-electron chi connectivity index (χ0n) is 23.0. The summed E-state index contributed by atoms with van der Waals surface area (Å²) in [6.07, 6.45) is 1.84. The second-order valence-electron chi connectivity index (χ2n) is 9.36. The van der Waals surface area contributed by atoms with Gasteiger partial charge in [-0.15, -0.1) is 0 Å². The SMILES string of the molecule is CCN(CC)C(=O)C1=C(C)N=c2s/c(=C/c3ccc(OC)c(Br)c3)c(=O)n2[C@@H]1c1c(OC)ccc2ccccc12. The van der Waals surface area contributed by atoms with Crippen molar-refractivity contribution in [3.63, 3.8) is 0 Å². The van der Waals surface area contributed by atoms with E-state index < -0.39 is 6.04 Å². The van der Waals surface area contributed by atoms with Crippen LogP contribution in [0.3, 0.4) is 0 Å². The number of aromatic nitrogens is 1. The summed E-state index contributed by atoms with van der Waals surface area (Å²) < 4.78 is 14.2. The standard InChI is InChI=1S/C31H30BrN3O4S/c1-6-34(7-2)30(37)26-18(3)33-31-35(28(26)27-21-11-9-8-10-20(21)13-15-24(27)39-5)29(36)25(40-31)17-19-12-14-23(38-4)22(32)16-19/h8-17,28H,6-7H2,1-5H3/b25-17+/t28-/m0/s1. The summed E-state index contributed by atoms with van der Waals surface area (Å²) in [5.74, 6) is 1.17. The summed E-state index contributed by atoms with van der Waals surface area (Å²) in [5.41, 5.74) is 2.46. The summed E-state index contributed by atoms with van der Waals surface area (Å²) >= 11 is 4.84. The van der Waals surface area contributed by atoms with E-state index in [1.807, 2.05) is 81.4 Å². The van der Waals surface area contributed by atoms with Crippen molar-refractivity contribution in [2.45, 2.75) is 26.8 Å². The van der Waals surface area contributed by atoms with Crippen molar-refractivity contribution in [2.24, 2.45) is 4.99 Å². The Morgan fingerprint density at radius 2 is 1.77 bits per heavy atom. The monoisotopic (exact) mass is 619 g/mol. The molecule has 40 heavy (non-hydrogen) atoms. The van der Waals surface area contributed by atoms with Crippen LogP contribution < -0.4 is 24.4 Å². The van der Waals surface area contributed by atoms with E-state index in [0.29, 0.717) is 45.2 Å². The van der Waals surface area contributed by atoms with Gasteiger partial charge in [-0.25, -0.2) is 4.99 Å². The fourth-order valence-corrected chi connectivity index (χ4v) is 6.81.